The minimum absolute atomic E-state index is 0.483. The van der Waals surface area contributed by atoms with E-state index in [-0.39, 0.29) is 0 Å². The highest BCUT2D eigenvalue weighted by Gasteiger charge is 2.10. The van der Waals surface area contributed by atoms with Gasteiger partial charge in [-0.2, -0.15) is 0 Å². The molecule has 0 bridgehead atoms. The van der Waals surface area contributed by atoms with Crippen LogP contribution in [0.5, 0.6) is 0 Å². The van der Waals surface area contributed by atoms with Crippen LogP contribution < -0.4 is 0 Å². The molecule has 0 N–H and O–H groups in total. The summed E-state index contributed by atoms with van der Waals surface area (Å²) in [4.78, 5) is 0. The molecule has 0 radical (unpaired) electrons. The van der Waals surface area contributed by atoms with Crippen LogP contribution in [-0.2, 0) is 4.74 Å². The van der Waals surface area contributed by atoms with Crippen LogP contribution in [-0.4, -0.2) is 12.7 Å². The molecule has 0 amide bonds. The fraction of sp³-hybridized carbons (Fsp3) is 0.750. The standard InChI is InChI=1S/C8H14O/c1-2-5-8-6-3-4-7-9-8/h2,8H,1,3-7H2/t8-/m0/s1. The van der Waals surface area contributed by atoms with Gasteiger partial charge in [-0.3, -0.25) is 0 Å². The Morgan fingerprint density at radius 3 is 3.00 bits per heavy atom. The summed E-state index contributed by atoms with van der Waals surface area (Å²) in [6, 6.07) is 0. The van der Waals surface area contributed by atoms with Crippen molar-refractivity contribution in [2.45, 2.75) is 31.8 Å². The Bertz CT molecular complexity index is 82.6. The third-order valence-electron chi connectivity index (χ3n) is 1.70. The molecule has 1 atom stereocenters. The normalized spacial score (nSPS) is 27.8. The van der Waals surface area contributed by atoms with Gasteiger partial charge in [0.2, 0.25) is 0 Å². The van der Waals surface area contributed by atoms with Crippen molar-refractivity contribution in [3.8, 4) is 0 Å². The lowest BCUT2D eigenvalue weighted by molar-refractivity contribution is 0.0185. The second-order valence-corrected chi connectivity index (χ2v) is 2.51. The molecule has 1 aliphatic rings. The molecule has 0 aromatic rings. The van der Waals surface area contributed by atoms with E-state index in [0.29, 0.717) is 6.10 Å². The molecule has 0 aromatic heterocycles. The van der Waals surface area contributed by atoms with Crippen LogP contribution in [0.4, 0.5) is 0 Å². The van der Waals surface area contributed by atoms with Gasteiger partial charge < -0.3 is 4.74 Å². The Labute approximate surface area is 56.7 Å². The van der Waals surface area contributed by atoms with Crippen LogP contribution in [0.3, 0.4) is 0 Å². The Morgan fingerprint density at radius 2 is 2.44 bits per heavy atom. The SMILES string of the molecule is C=CC[C@H]1CCCCO1. The summed E-state index contributed by atoms with van der Waals surface area (Å²) >= 11 is 0. The monoisotopic (exact) mass is 126 g/mol. The van der Waals surface area contributed by atoms with Gasteiger partial charge in [-0.05, 0) is 25.7 Å². The predicted octanol–water partition coefficient (Wildman–Crippen LogP) is 2.13. The Balaban J connectivity index is 2.15. The molecule has 1 aliphatic heterocycles. The summed E-state index contributed by atoms with van der Waals surface area (Å²) in [5, 5.41) is 0. The quantitative estimate of drug-likeness (QED) is 0.515. The topological polar surface area (TPSA) is 9.23 Å². The van der Waals surface area contributed by atoms with Crippen LogP contribution >= 0.6 is 0 Å². The van der Waals surface area contributed by atoms with Gasteiger partial charge in [0, 0.05) is 6.61 Å². The average molecular weight is 126 g/mol. The molecule has 1 rings (SSSR count). The van der Waals surface area contributed by atoms with E-state index < -0.39 is 0 Å². The molecule has 0 aromatic carbocycles. The second-order valence-electron chi connectivity index (χ2n) is 2.51. The van der Waals surface area contributed by atoms with Gasteiger partial charge in [-0.1, -0.05) is 6.08 Å². The summed E-state index contributed by atoms with van der Waals surface area (Å²) in [6.45, 7) is 4.63. The molecule has 1 heteroatoms. The van der Waals surface area contributed by atoms with Gasteiger partial charge in [0.15, 0.2) is 0 Å². The zero-order valence-electron chi connectivity index (χ0n) is 5.81. The lowest BCUT2D eigenvalue weighted by Crippen LogP contribution is -2.17. The lowest BCUT2D eigenvalue weighted by atomic mass is 10.1. The molecule has 0 aliphatic carbocycles. The Morgan fingerprint density at radius 1 is 1.56 bits per heavy atom. The fourth-order valence-electron chi connectivity index (χ4n) is 1.18. The van der Waals surface area contributed by atoms with E-state index in [1.165, 1.54) is 19.3 Å². The molecule has 0 spiro atoms. The van der Waals surface area contributed by atoms with Gasteiger partial charge in [-0.15, -0.1) is 6.58 Å². The van der Waals surface area contributed by atoms with E-state index in [4.69, 9.17) is 4.74 Å². The molecule has 1 nitrogen and oxygen atoms in total. The summed E-state index contributed by atoms with van der Waals surface area (Å²) in [7, 11) is 0. The van der Waals surface area contributed by atoms with Crippen molar-refractivity contribution in [3.63, 3.8) is 0 Å². The van der Waals surface area contributed by atoms with E-state index in [9.17, 15) is 0 Å². The Kier molecular flexibility index (Phi) is 2.78. The highest BCUT2D eigenvalue weighted by atomic mass is 16.5. The van der Waals surface area contributed by atoms with Crippen molar-refractivity contribution < 1.29 is 4.74 Å². The summed E-state index contributed by atoms with van der Waals surface area (Å²) in [6.07, 6.45) is 7.25. The zero-order valence-corrected chi connectivity index (χ0v) is 5.81. The first-order chi connectivity index (χ1) is 4.43. The molecule has 1 saturated heterocycles. The van der Waals surface area contributed by atoms with Gasteiger partial charge in [0.1, 0.15) is 0 Å². The van der Waals surface area contributed by atoms with Gasteiger partial charge in [0.05, 0.1) is 6.10 Å². The van der Waals surface area contributed by atoms with Crippen LogP contribution in [0.25, 0.3) is 0 Å². The lowest BCUT2D eigenvalue weighted by Gasteiger charge is -2.20. The molecule has 9 heavy (non-hydrogen) atoms. The average Bonchev–Trinajstić information content (AvgIpc) is 1.91. The highest BCUT2D eigenvalue weighted by Crippen LogP contribution is 2.15. The molecule has 52 valence electrons. The van der Waals surface area contributed by atoms with Gasteiger partial charge >= 0.3 is 0 Å². The molecule has 0 saturated carbocycles. The van der Waals surface area contributed by atoms with E-state index in [0.717, 1.165) is 13.0 Å². The smallest absolute Gasteiger partial charge is 0.0609 e. The van der Waals surface area contributed by atoms with Gasteiger partial charge in [-0.25, -0.2) is 0 Å². The van der Waals surface area contributed by atoms with Crippen LogP contribution in [0.1, 0.15) is 25.7 Å². The van der Waals surface area contributed by atoms with Crippen LogP contribution in [0.15, 0.2) is 12.7 Å². The highest BCUT2D eigenvalue weighted by molar-refractivity contribution is 4.75. The number of ether oxygens (including phenoxy) is 1. The van der Waals surface area contributed by atoms with Crippen molar-refractivity contribution in [1.29, 1.82) is 0 Å². The number of hydrogen-bond acceptors (Lipinski definition) is 1. The maximum atomic E-state index is 5.45. The molecular formula is C8H14O. The van der Waals surface area contributed by atoms with Crippen molar-refractivity contribution in [2.24, 2.45) is 0 Å². The Hall–Kier alpha value is -0.300. The van der Waals surface area contributed by atoms with Crippen molar-refractivity contribution >= 4 is 0 Å². The van der Waals surface area contributed by atoms with Crippen molar-refractivity contribution in [2.75, 3.05) is 6.61 Å². The fourth-order valence-corrected chi connectivity index (χ4v) is 1.18. The van der Waals surface area contributed by atoms with Gasteiger partial charge in [0.25, 0.3) is 0 Å². The summed E-state index contributed by atoms with van der Waals surface area (Å²) in [5.41, 5.74) is 0. The largest absolute Gasteiger partial charge is 0.378 e. The first-order valence-electron chi connectivity index (χ1n) is 3.66. The number of rotatable bonds is 2. The maximum Gasteiger partial charge on any atom is 0.0609 e. The van der Waals surface area contributed by atoms with E-state index in [2.05, 4.69) is 6.58 Å². The first-order valence-corrected chi connectivity index (χ1v) is 3.66. The third-order valence-corrected chi connectivity index (χ3v) is 1.70. The summed E-state index contributed by atoms with van der Waals surface area (Å²) in [5.74, 6) is 0. The second kappa shape index (κ2) is 3.67. The van der Waals surface area contributed by atoms with Crippen LogP contribution in [0, 0.1) is 0 Å². The third kappa shape index (κ3) is 2.19. The van der Waals surface area contributed by atoms with E-state index in [1.54, 1.807) is 0 Å². The molecular weight excluding hydrogens is 112 g/mol. The molecule has 1 heterocycles. The maximum absolute atomic E-state index is 5.45. The van der Waals surface area contributed by atoms with E-state index >= 15 is 0 Å². The predicted molar refractivity (Wildman–Crippen MR) is 38.4 cm³/mol. The molecule has 1 fully saturated rings. The summed E-state index contributed by atoms with van der Waals surface area (Å²) < 4.78 is 5.45. The number of hydrogen-bond donors (Lipinski definition) is 0. The minimum Gasteiger partial charge on any atom is -0.378 e. The first kappa shape index (κ1) is 6.81. The van der Waals surface area contributed by atoms with E-state index in [1.807, 2.05) is 6.08 Å². The zero-order chi connectivity index (χ0) is 6.53. The minimum atomic E-state index is 0.483. The molecule has 0 unspecified atom stereocenters. The van der Waals surface area contributed by atoms with Crippen LogP contribution in [0.2, 0.25) is 0 Å². The van der Waals surface area contributed by atoms with Crippen molar-refractivity contribution in [3.05, 3.63) is 12.7 Å². The van der Waals surface area contributed by atoms with Crippen molar-refractivity contribution in [1.82, 2.24) is 0 Å².